The minimum atomic E-state index is -1.92. The van der Waals surface area contributed by atoms with E-state index in [-0.39, 0.29) is 16.8 Å². The minimum absolute atomic E-state index is 0.0913. The third-order valence-corrected chi connectivity index (χ3v) is 5.71. The van der Waals surface area contributed by atoms with E-state index in [2.05, 4.69) is 16.0 Å². The van der Waals surface area contributed by atoms with Crippen molar-refractivity contribution < 1.29 is 9.18 Å². The maximum atomic E-state index is 13.5. The van der Waals surface area contributed by atoms with Gasteiger partial charge >= 0.3 is 0 Å². The Hall–Kier alpha value is -2.38. The molecule has 9 heteroatoms. The van der Waals surface area contributed by atoms with Crippen molar-refractivity contribution in [3.05, 3.63) is 101 Å². The summed E-state index contributed by atoms with van der Waals surface area (Å²) in [6, 6.07) is 23.0. The first-order chi connectivity index (χ1) is 15.6. The third kappa shape index (κ3) is 7.05. The molecule has 4 nitrogen and oxygen atoms in total. The molecule has 1 amide bonds. The number of anilines is 1. The number of carbonyl (C=O) groups excluding carboxylic acids is 1. The average molecular weight is 525 g/mol. The van der Waals surface area contributed by atoms with Crippen LogP contribution in [0.1, 0.15) is 22.6 Å². The molecule has 0 bridgehead atoms. The molecule has 172 valence electrons. The maximum absolute atomic E-state index is 13.5. The lowest BCUT2D eigenvalue weighted by Crippen LogP contribution is -2.57. The number of alkyl halides is 3. The van der Waals surface area contributed by atoms with Crippen molar-refractivity contribution in [2.75, 3.05) is 5.32 Å². The summed E-state index contributed by atoms with van der Waals surface area (Å²) in [6.07, 6.45) is -1.15. The SMILES string of the molecule is Cc1cc(NC(=S)NC(NC(=O)C(c2ccccc2)c2ccccc2)C(Cl)(Cl)Cl)ccc1F. The molecular weight excluding hydrogens is 504 g/mol. The summed E-state index contributed by atoms with van der Waals surface area (Å²) in [6.45, 7) is 1.63. The smallest absolute Gasteiger partial charge is 0.233 e. The second-order valence-corrected chi connectivity index (χ2v) is 10.1. The van der Waals surface area contributed by atoms with Crippen LogP contribution in [0.25, 0.3) is 0 Å². The van der Waals surface area contributed by atoms with Gasteiger partial charge in [-0.2, -0.15) is 0 Å². The zero-order valence-corrected chi connectivity index (χ0v) is 20.6. The predicted molar refractivity (Wildman–Crippen MR) is 137 cm³/mol. The van der Waals surface area contributed by atoms with E-state index in [4.69, 9.17) is 47.0 Å². The van der Waals surface area contributed by atoms with Crippen LogP contribution in [-0.2, 0) is 4.79 Å². The van der Waals surface area contributed by atoms with Crippen LogP contribution in [0.5, 0.6) is 0 Å². The van der Waals surface area contributed by atoms with E-state index in [0.717, 1.165) is 11.1 Å². The van der Waals surface area contributed by atoms with Crippen LogP contribution in [0.15, 0.2) is 78.9 Å². The molecule has 0 aromatic heterocycles. The van der Waals surface area contributed by atoms with Crippen molar-refractivity contribution in [2.24, 2.45) is 0 Å². The zero-order chi connectivity index (χ0) is 24.0. The molecule has 0 aliphatic carbocycles. The summed E-state index contributed by atoms with van der Waals surface area (Å²) >= 11 is 23.8. The molecule has 3 rings (SSSR count). The summed E-state index contributed by atoms with van der Waals surface area (Å²) in [5, 5.41) is 8.58. The minimum Gasteiger partial charge on any atom is -0.339 e. The van der Waals surface area contributed by atoms with Crippen LogP contribution in [0.3, 0.4) is 0 Å². The first-order valence-corrected chi connectivity index (χ1v) is 11.5. The van der Waals surface area contributed by atoms with Crippen LogP contribution in [0, 0.1) is 12.7 Å². The number of thiocarbonyl (C=S) groups is 1. The highest BCUT2D eigenvalue weighted by molar-refractivity contribution is 7.80. The maximum Gasteiger partial charge on any atom is 0.233 e. The fourth-order valence-corrected chi connectivity index (χ4v) is 3.80. The van der Waals surface area contributed by atoms with Gasteiger partial charge in [-0.3, -0.25) is 4.79 Å². The van der Waals surface area contributed by atoms with Gasteiger partial charge in [0.25, 0.3) is 0 Å². The van der Waals surface area contributed by atoms with Gasteiger partial charge in [0.15, 0.2) is 5.11 Å². The third-order valence-electron chi connectivity index (χ3n) is 4.83. The summed E-state index contributed by atoms with van der Waals surface area (Å²) in [4.78, 5) is 13.4. The number of halogens is 4. The summed E-state index contributed by atoms with van der Waals surface area (Å²) in [7, 11) is 0. The average Bonchev–Trinajstić information content (AvgIpc) is 2.77. The van der Waals surface area contributed by atoms with E-state index in [0.29, 0.717) is 11.3 Å². The molecule has 33 heavy (non-hydrogen) atoms. The van der Waals surface area contributed by atoms with Crippen LogP contribution < -0.4 is 16.0 Å². The van der Waals surface area contributed by atoms with Gasteiger partial charge in [0.1, 0.15) is 12.0 Å². The Balaban J connectivity index is 1.80. The van der Waals surface area contributed by atoms with Gasteiger partial charge < -0.3 is 16.0 Å². The fraction of sp³-hybridized carbons (Fsp3) is 0.167. The molecule has 0 heterocycles. The number of amides is 1. The van der Waals surface area contributed by atoms with Gasteiger partial charge in [-0.1, -0.05) is 95.5 Å². The quantitative estimate of drug-likeness (QED) is 0.208. The summed E-state index contributed by atoms with van der Waals surface area (Å²) in [5.74, 6) is -1.35. The Bertz CT molecular complexity index is 1070. The highest BCUT2D eigenvalue weighted by Crippen LogP contribution is 2.31. The lowest BCUT2D eigenvalue weighted by molar-refractivity contribution is -0.122. The molecule has 0 aliphatic heterocycles. The van der Waals surface area contributed by atoms with Crippen molar-refractivity contribution >= 4 is 63.7 Å². The number of hydrogen-bond acceptors (Lipinski definition) is 2. The Morgan fingerprint density at radius 2 is 1.45 bits per heavy atom. The van der Waals surface area contributed by atoms with Crippen molar-refractivity contribution in [3.63, 3.8) is 0 Å². The molecule has 3 aromatic rings. The van der Waals surface area contributed by atoms with Crippen molar-refractivity contribution in [3.8, 4) is 0 Å². The lowest BCUT2D eigenvalue weighted by Gasteiger charge is -2.29. The van der Waals surface area contributed by atoms with E-state index < -0.39 is 15.9 Å². The molecule has 3 N–H and O–H groups in total. The van der Waals surface area contributed by atoms with Crippen LogP contribution in [-0.4, -0.2) is 21.0 Å². The molecule has 0 spiro atoms. The van der Waals surface area contributed by atoms with E-state index >= 15 is 0 Å². The first-order valence-electron chi connectivity index (χ1n) is 9.96. The van der Waals surface area contributed by atoms with E-state index in [9.17, 15) is 9.18 Å². The number of benzene rings is 3. The molecular formula is C24H21Cl3FN3OS. The highest BCUT2D eigenvalue weighted by Gasteiger charge is 2.36. The van der Waals surface area contributed by atoms with Crippen molar-refractivity contribution in [1.82, 2.24) is 10.6 Å². The standard InChI is InChI=1S/C24H21Cl3FN3OS/c1-15-14-18(12-13-19(15)28)29-23(33)31-22(24(25,26)27)30-21(32)20(16-8-4-2-5-9-16)17-10-6-3-7-11-17/h2-14,20,22H,1H3,(H,30,32)(H2,29,31,33). The topological polar surface area (TPSA) is 53.2 Å². The van der Waals surface area contributed by atoms with E-state index in [1.54, 1.807) is 13.0 Å². The number of carbonyl (C=O) groups is 1. The Kier molecular flexibility index (Phi) is 8.54. The molecule has 0 saturated carbocycles. The van der Waals surface area contributed by atoms with Crippen LogP contribution in [0.4, 0.5) is 10.1 Å². The van der Waals surface area contributed by atoms with Crippen LogP contribution >= 0.6 is 47.0 Å². The lowest BCUT2D eigenvalue weighted by atomic mass is 9.90. The second-order valence-electron chi connectivity index (χ2n) is 7.30. The zero-order valence-electron chi connectivity index (χ0n) is 17.5. The molecule has 0 radical (unpaired) electrons. The van der Waals surface area contributed by atoms with E-state index in [1.165, 1.54) is 12.1 Å². The Morgan fingerprint density at radius 3 is 1.94 bits per heavy atom. The molecule has 1 atom stereocenters. The largest absolute Gasteiger partial charge is 0.339 e. The molecule has 3 aromatic carbocycles. The number of rotatable bonds is 6. The number of hydrogen-bond donors (Lipinski definition) is 3. The summed E-state index contributed by atoms with van der Waals surface area (Å²) < 4.78 is 11.6. The van der Waals surface area contributed by atoms with Crippen molar-refractivity contribution in [2.45, 2.75) is 22.8 Å². The number of aryl methyl sites for hydroxylation is 1. The van der Waals surface area contributed by atoms with Gasteiger partial charge in [-0.25, -0.2) is 4.39 Å². The summed E-state index contributed by atoms with van der Waals surface area (Å²) in [5.41, 5.74) is 2.56. The monoisotopic (exact) mass is 523 g/mol. The molecule has 0 fully saturated rings. The second kappa shape index (κ2) is 11.2. The van der Waals surface area contributed by atoms with Crippen molar-refractivity contribution in [1.29, 1.82) is 0 Å². The fourth-order valence-electron chi connectivity index (χ4n) is 3.23. The number of nitrogens with one attached hydrogen (secondary N) is 3. The first kappa shape index (κ1) is 25.2. The Labute approximate surface area is 212 Å². The van der Waals surface area contributed by atoms with Gasteiger partial charge in [-0.15, -0.1) is 0 Å². The van der Waals surface area contributed by atoms with Gasteiger partial charge in [0.2, 0.25) is 9.70 Å². The van der Waals surface area contributed by atoms with Crippen LogP contribution in [0.2, 0.25) is 0 Å². The van der Waals surface area contributed by atoms with Gasteiger partial charge in [-0.05, 0) is 54.0 Å². The van der Waals surface area contributed by atoms with E-state index in [1.807, 2.05) is 60.7 Å². The molecule has 0 aliphatic rings. The highest BCUT2D eigenvalue weighted by atomic mass is 35.6. The molecule has 0 saturated heterocycles. The Morgan fingerprint density at radius 1 is 0.909 bits per heavy atom. The van der Waals surface area contributed by atoms with Gasteiger partial charge in [0.05, 0.1) is 5.92 Å². The molecule has 1 unspecified atom stereocenters. The normalized spacial score (nSPS) is 12.2. The predicted octanol–water partition coefficient (Wildman–Crippen LogP) is 6.07. The van der Waals surface area contributed by atoms with Gasteiger partial charge in [0, 0.05) is 5.69 Å².